The van der Waals surface area contributed by atoms with Crippen molar-refractivity contribution in [2.75, 3.05) is 0 Å². The lowest BCUT2D eigenvalue weighted by molar-refractivity contribution is -0.322. The third-order valence-corrected chi connectivity index (χ3v) is 4.02. The van der Waals surface area contributed by atoms with E-state index in [0.29, 0.717) is 5.39 Å². The van der Waals surface area contributed by atoms with E-state index in [-0.39, 0.29) is 21.6 Å². The van der Waals surface area contributed by atoms with Gasteiger partial charge >= 0.3 is 15.6 Å². The first kappa shape index (κ1) is 16.4. The molecule has 0 spiro atoms. The van der Waals surface area contributed by atoms with Crippen molar-refractivity contribution in [1.29, 1.82) is 0 Å². The van der Waals surface area contributed by atoms with Crippen molar-refractivity contribution in [3.05, 3.63) is 47.5 Å². The number of imide groups is 1. The maximum Gasteiger partial charge on any atom is 0.525 e. The Balaban J connectivity index is 1.99. The molecular formula is C13H6F3NO6S. The van der Waals surface area contributed by atoms with Crippen LogP contribution >= 0.6 is 0 Å². The summed E-state index contributed by atoms with van der Waals surface area (Å²) < 4.78 is 61.6. The fourth-order valence-corrected chi connectivity index (χ4v) is 2.40. The quantitative estimate of drug-likeness (QED) is 0.360. The highest BCUT2D eigenvalue weighted by Crippen LogP contribution is 2.31. The lowest BCUT2D eigenvalue weighted by Gasteiger charge is -2.24. The number of halogens is 3. The van der Waals surface area contributed by atoms with E-state index in [4.69, 9.17) is 0 Å². The van der Waals surface area contributed by atoms with Crippen LogP contribution in [0.2, 0.25) is 0 Å². The maximum absolute atomic E-state index is 12.2. The molecule has 0 unspecified atom stereocenters. The summed E-state index contributed by atoms with van der Waals surface area (Å²) in [6.07, 6.45) is 0. The number of carbonyl (C=O) groups is 2. The topological polar surface area (TPSA) is 90.0 Å². The molecule has 0 aliphatic carbocycles. The first-order valence-electron chi connectivity index (χ1n) is 6.21. The first-order valence-corrected chi connectivity index (χ1v) is 7.62. The van der Waals surface area contributed by atoms with Crippen molar-refractivity contribution in [3.63, 3.8) is 0 Å². The van der Waals surface area contributed by atoms with E-state index in [2.05, 4.69) is 9.32 Å². The summed E-state index contributed by atoms with van der Waals surface area (Å²) in [6, 6.07) is 8.86. The summed E-state index contributed by atoms with van der Waals surface area (Å²) >= 11 is 0. The second-order valence-electron chi connectivity index (χ2n) is 4.66. The molecule has 1 aliphatic heterocycles. The second kappa shape index (κ2) is 5.26. The van der Waals surface area contributed by atoms with Gasteiger partial charge in [-0.2, -0.15) is 21.6 Å². The van der Waals surface area contributed by atoms with Gasteiger partial charge in [0.05, 0.1) is 11.1 Å². The van der Waals surface area contributed by atoms with Gasteiger partial charge < -0.3 is 0 Å². The van der Waals surface area contributed by atoms with Crippen molar-refractivity contribution < 1.29 is 40.5 Å². The predicted octanol–water partition coefficient (Wildman–Crippen LogP) is 2.15. The Labute approximate surface area is 132 Å². The molecule has 0 N–H and O–H groups in total. The van der Waals surface area contributed by atoms with E-state index in [1.54, 1.807) is 12.1 Å². The number of alkyl halides is 3. The number of carbonyl (C=O) groups excluding carboxylic acids is 2. The molecule has 7 nitrogen and oxygen atoms in total. The zero-order chi connectivity index (χ0) is 17.7. The van der Waals surface area contributed by atoms with Crippen LogP contribution in [0.4, 0.5) is 13.2 Å². The fraction of sp³-hybridized carbons (Fsp3) is 0.0769. The number of amides is 2. The number of hydroxylamine groups is 2. The van der Waals surface area contributed by atoms with Crippen molar-refractivity contribution in [2.24, 2.45) is 0 Å². The summed E-state index contributed by atoms with van der Waals surface area (Å²) in [7, 11) is -6.14. The highest BCUT2D eigenvalue weighted by molar-refractivity contribution is 7.87. The van der Waals surface area contributed by atoms with Gasteiger partial charge in [-0.3, -0.25) is 9.59 Å². The van der Waals surface area contributed by atoms with Crippen molar-refractivity contribution in [2.45, 2.75) is 5.51 Å². The van der Waals surface area contributed by atoms with Crippen LogP contribution in [0.25, 0.3) is 10.8 Å². The molecule has 11 heteroatoms. The second-order valence-corrected chi connectivity index (χ2v) is 6.16. The third kappa shape index (κ3) is 2.42. The van der Waals surface area contributed by atoms with Gasteiger partial charge in [0.25, 0.3) is 11.8 Å². The Kier molecular flexibility index (Phi) is 3.59. The smallest absolute Gasteiger partial charge is 0.266 e. The van der Waals surface area contributed by atoms with Gasteiger partial charge in [-0.15, -0.1) is 5.06 Å². The number of benzene rings is 2. The summed E-state index contributed by atoms with van der Waals surface area (Å²) in [5.41, 5.74) is -5.86. The van der Waals surface area contributed by atoms with Gasteiger partial charge in [-0.25, -0.2) is 0 Å². The van der Waals surface area contributed by atoms with Crippen LogP contribution in [0.15, 0.2) is 36.4 Å². The summed E-state index contributed by atoms with van der Waals surface area (Å²) in [5.74, 6) is -2.30. The Bertz CT molecular complexity index is 919. The van der Waals surface area contributed by atoms with Crippen LogP contribution in [-0.4, -0.2) is 30.8 Å². The third-order valence-electron chi connectivity index (χ3n) is 3.21. The Morgan fingerprint density at radius 1 is 0.917 bits per heavy atom. The molecule has 0 saturated heterocycles. The van der Waals surface area contributed by atoms with Gasteiger partial charge in [0.1, 0.15) is 0 Å². The molecule has 0 radical (unpaired) electrons. The number of hydrogen-bond donors (Lipinski definition) is 0. The molecule has 2 aromatic rings. The Hall–Kier alpha value is -2.50. The highest BCUT2D eigenvalue weighted by atomic mass is 32.2. The molecule has 0 atom stereocenters. The van der Waals surface area contributed by atoms with Crippen LogP contribution in [0.3, 0.4) is 0 Å². The van der Waals surface area contributed by atoms with Gasteiger partial charge in [-0.1, -0.05) is 33.6 Å². The molecule has 2 aromatic carbocycles. The largest absolute Gasteiger partial charge is 0.525 e. The zero-order valence-electron chi connectivity index (χ0n) is 11.4. The molecule has 0 aromatic heterocycles. The minimum atomic E-state index is -6.14. The van der Waals surface area contributed by atoms with E-state index < -0.39 is 27.4 Å². The van der Waals surface area contributed by atoms with Gasteiger partial charge in [-0.05, 0) is 17.5 Å². The standard InChI is InChI=1S/C13H6F3NO6S/c14-13(15,16)24(20,21)23-22-17-11(18)8-5-1-3-7-4-2-6-9(10(7)8)12(17)19/h1-6H. The van der Waals surface area contributed by atoms with Crippen LogP contribution in [-0.2, 0) is 19.4 Å². The minimum Gasteiger partial charge on any atom is -0.266 e. The van der Waals surface area contributed by atoms with Gasteiger partial charge in [0, 0.05) is 5.39 Å². The van der Waals surface area contributed by atoms with Crippen LogP contribution in [0, 0.1) is 0 Å². The molecule has 126 valence electrons. The fourth-order valence-electron chi connectivity index (χ4n) is 2.19. The number of rotatable bonds is 3. The summed E-state index contributed by atoms with van der Waals surface area (Å²) in [4.78, 5) is 28.3. The molecule has 3 rings (SSSR count). The molecule has 0 saturated carbocycles. The summed E-state index contributed by atoms with van der Waals surface area (Å²) in [6.45, 7) is 0. The van der Waals surface area contributed by atoms with E-state index >= 15 is 0 Å². The van der Waals surface area contributed by atoms with Gasteiger partial charge in [0.2, 0.25) is 0 Å². The summed E-state index contributed by atoms with van der Waals surface area (Å²) in [5, 5.41) is 0.657. The van der Waals surface area contributed by atoms with E-state index in [1.807, 2.05) is 0 Å². The molecule has 2 amide bonds. The van der Waals surface area contributed by atoms with E-state index in [1.165, 1.54) is 24.3 Å². The first-order chi connectivity index (χ1) is 11.1. The van der Waals surface area contributed by atoms with Crippen LogP contribution < -0.4 is 0 Å². The highest BCUT2D eigenvalue weighted by Gasteiger charge is 2.50. The van der Waals surface area contributed by atoms with Crippen molar-refractivity contribution in [3.8, 4) is 0 Å². The van der Waals surface area contributed by atoms with Crippen LogP contribution in [0.5, 0.6) is 0 Å². The average Bonchev–Trinajstić information content (AvgIpc) is 2.51. The van der Waals surface area contributed by atoms with E-state index in [0.717, 1.165) is 0 Å². The number of hydrogen-bond acceptors (Lipinski definition) is 6. The van der Waals surface area contributed by atoms with Gasteiger partial charge in [0.15, 0.2) is 0 Å². The normalized spacial score (nSPS) is 15.2. The number of nitrogens with zero attached hydrogens (tertiary/aromatic N) is 1. The molecule has 1 heterocycles. The van der Waals surface area contributed by atoms with Crippen molar-refractivity contribution >= 4 is 32.7 Å². The molecule has 24 heavy (non-hydrogen) atoms. The van der Waals surface area contributed by atoms with E-state index in [9.17, 15) is 31.2 Å². The molecule has 0 fully saturated rings. The molecular weight excluding hydrogens is 355 g/mol. The Morgan fingerprint density at radius 3 is 1.88 bits per heavy atom. The monoisotopic (exact) mass is 361 g/mol. The van der Waals surface area contributed by atoms with Crippen LogP contribution in [0.1, 0.15) is 20.7 Å². The Morgan fingerprint density at radius 2 is 1.42 bits per heavy atom. The maximum atomic E-state index is 12.2. The molecule has 1 aliphatic rings. The minimum absolute atomic E-state index is 0.0456. The predicted molar refractivity (Wildman–Crippen MR) is 71.6 cm³/mol. The SMILES string of the molecule is O=C1c2cccc3cccc(c23)C(=O)N1OOS(=O)(=O)C(F)(F)F. The average molecular weight is 361 g/mol. The lowest BCUT2D eigenvalue weighted by atomic mass is 9.95. The molecule has 0 bridgehead atoms. The van der Waals surface area contributed by atoms with Crippen molar-refractivity contribution in [1.82, 2.24) is 5.06 Å². The zero-order valence-corrected chi connectivity index (χ0v) is 12.2. The lowest BCUT2D eigenvalue weighted by Crippen LogP contribution is -2.41.